The summed E-state index contributed by atoms with van der Waals surface area (Å²) in [5.74, 6) is -1.42. The molecule has 0 aliphatic carbocycles. The van der Waals surface area contributed by atoms with Gasteiger partial charge in [-0.3, -0.25) is 4.72 Å². The summed E-state index contributed by atoms with van der Waals surface area (Å²) in [5, 5.41) is 10.9. The highest BCUT2D eigenvalue weighted by molar-refractivity contribution is 7.92. The minimum Gasteiger partial charge on any atom is -0.545 e. The molecule has 1 fully saturated rings. The van der Waals surface area contributed by atoms with Crippen LogP contribution in [0.25, 0.3) is 0 Å². The summed E-state index contributed by atoms with van der Waals surface area (Å²) in [4.78, 5) is 12.9. The second kappa shape index (κ2) is 7.12. The smallest absolute Gasteiger partial charge is 0.261 e. The maximum Gasteiger partial charge on any atom is 0.261 e. The molecular weight excluding hydrogens is 344 g/mol. The number of hydrogen-bond acceptors (Lipinski definition) is 6. The first-order valence-corrected chi connectivity index (χ1v) is 9.21. The Balaban J connectivity index is 1.76. The van der Waals surface area contributed by atoms with Crippen molar-refractivity contribution in [1.29, 1.82) is 0 Å². The minimum absolute atomic E-state index is 0.133. The number of rotatable bonds is 5. The van der Waals surface area contributed by atoms with Crippen molar-refractivity contribution in [2.75, 3.05) is 35.9 Å². The quantitative estimate of drug-likeness (QED) is 0.841. The van der Waals surface area contributed by atoms with Gasteiger partial charge >= 0.3 is 0 Å². The maximum absolute atomic E-state index is 12.4. The zero-order valence-electron chi connectivity index (χ0n) is 13.3. The van der Waals surface area contributed by atoms with Crippen molar-refractivity contribution < 1.29 is 23.1 Å². The van der Waals surface area contributed by atoms with Gasteiger partial charge in [-0.25, -0.2) is 8.42 Å². The van der Waals surface area contributed by atoms with Crippen molar-refractivity contribution in [1.82, 2.24) is 0 Å². The average Bonchev–Trinajstić information content (AvgIpc) is 2.63. The summed E-state index contributed by atoms with van der Waals surface area (Å²) < 4.78 is 32.6. The van der Waals surface area contributed by atoms with Crippen LogP contribution in [-0.4, -0.2) is 40.7 Å². The Bertz CT molecular complexity index is 859. The molecule has 0 unspecified atom stereocenters. The van der Waals surface area contributed by atoms with Crippen LogP contribution in [0.1, 0.15) is 10.4 Å². The van der Waals surface area contributed by atoms with E-state index < -0.39 is 16.0 Å². The number of carbonyl (C=O) groups excluding carboxylic acids is 1. The molecule has 1 heterocycles. The first-order chi connectivity index (χ1) is 12.0. The van der Waals surface area contributed by atoms with Crippen molar-refractivity contribution in [2.45, 2.75) is 4.90 Å². The molecule has 1 saturated heterocycles. The van der Waals surface area contributed by atoms with Crippen LogP contribution < -0.4 is 14.7 Å². The molecule has 1 aliphatic heterocycles. The van der Waals surface area contributed by atoms with E-state index >= 15 is 0 Å². The monoisotopic (exact) mass is 361 g/mol. The second-order valence-corrected chi connectivity index (χ2v) is 7.25. The SMILES string of the molecule is O=C([O-])c1cccc(S(=O)(=O)Nc2ccc(N3CCOCC3)cc2)c1. The molecule has 1 N–H and O–H groups in total. The summed E-state index contributed by atoms with van der Waals surface area (Å²) >= 11 is 0. The van der Waals surface area contributed by atoms with Crippen LogP contribution in [0, 0.1) is 0 Å². The number of anilines is 2. The Labute approximate surface area is 145 Å². The maximum atomic E-state index is 12.4. The van der Waals surface area contributed by atoms with E-state index in [0.717, 1.165) is 24.8 Å². The Morgan fingerprint density at radius 1 is 1.08 bits per heavy atom. The molecule has 132 valence electrons. The van der Waals surface area contributed by atoms with Gasteiger partial charge < -0.3 is 19.5 Å². The third kappa shape index (κ3) is 4.09. The Morgan fingerprint density at radius 3 is 2.40 bits per heavy atom. The Hall–Kier alpha value is -2.58. The largest absolute Gasteiger partial charge is 0.545 e. The van der Waals surface area contributed by atoms with Crippen LogP contribution in [0.3, 0.4) is 0 Å². The fraction of sp³-hybridized carbons (Fsp3) is 0.235. The topological polar surface area (TPSA) is 98.8 Å². The van der Waals surface area contributed by atoms with Crippen LogP contribution in [-0.2, 0) is 14.8 Å². The number of morpholine rings is 1. The molecule has 2 aromatic carbocycles. The number of ether oxygens (including phenoxy) is 1. The molecular formula is C17H17N2O5S-. The van der Waals surface area contributed by atoms with Gasteiger partial charge in [-0.2, -0.15) is 0 Å². The van der Waals surface area contributed by atoms with Crippen LogP contribution in [0.2, 0.25) is 0 Å². The number of carboxylic acid groups (broad SMARTS) is 1. The number of aromatic carboxylic acids is 1. The number of nitrogens with one attached hydrogen (secondary N) is 1. The molecule has 2 aromatic rings. The van der Waals surface area contributed by atoms with Gasteiger partial charge in [-0.05, 0) is 42.0 Å². The third-order valence-electron chi connectivity index (χ3n) is 3.88. The van der Waals surface area contributed by atoms with Gasteiger partial charge in [0.15, 0.2) is 0 Å². The van der Waals surface area contributed by atoms with Crippen LogP contribution >= 0.6 is 0 Å². The summed E-state index contributed by atoms with van der Waals surface area (Å²) in [6, 6.07) is 12.1. The lowest BCUT2D eigenvalue weighted by atomic mass is 10.2. The number of carboxylic acids is 1. The summed E-state index contributed by atoms with van der Waals surface area (Å²) in [6.45, 7) is 2.93. The Morgan fingerprint density at radius 2 is 1.76 bits per heavy atom. The van der Waals surface area contributed by atoms with E-state index in [9.17, 15) is 18.3 Å². The van der Waals surface area contributed by atoms with Gasteiger partial charge in [0.25, 0.3) is 10.0 Å². The fourth-order valence-corrected chi connectivity index (χ4v) is 3.67. The molecule has 0 saturated carbocycles. The fourth-order valence-electron chi connectivity index (χ4n) is 2.57. The third-order valence-corrected chi connectivity index (χ3v) is 5.25. The van der Waals surface area contributed by atoms with E-state index in [1.807, 2.05) is 12.1 Å². The highest BCUT2D eigenvalue weighted by Crippen LogP contribution is 2.21. The zero-order chi connectivity index (χ0) is 17.9. The lowest BCUT2D eigenvalue weighted by molar-refractivity contribution is -0.255. The first-order valence-electron chi connectivity index (χ1n) is 7.73. The van der Waals surface area contributed by atoms with E-state index in [0.29, 0.717) is 18.9 Å². The van der Waals surface area contributed by atoms with Gasteiger partial charge in [-0.1, -0.05) is 12.1 Å². The summed E-state index contributed by atoms with van der Waals surface area (Å²) in [7, 11) is -3.88. The molecule has 0 bridgehead atoms. The van der Waals surface area contributed by atoms with Crippen molar-refractivity contribution in [2.24, 2.45) is 0 Å². The normalized spacial score (nSPS) is 15.0. The molecule has 0 spiro atoms. The number of sulfonamides is 1. The van der Waals surface area contributed by atoms with E-state index in [-0.39, 0.29) is 10.5 Å². The van der Waals surface area contributed by atoms with Crippen LogP contribution in [0.4, 0.5) is 11.4 Å². The average molecular weight is 361 g/mol. The van der Waals surface area contributed by atoms with E-state index in [4.69, 9.17) is 4.74 Å². The molecule has 0 radical (unpaired) electrons. The second-order valence-electron chi connectivity index (χ2n) is 5.57. The molecule has 1 aliphatic rings. The zero-order valence-corrected chi connectivity index (χ0v) is 14.2. The van der Waals surface area contributed by atoms with Crippen molar-refractivity contribution in [3.63, 3.8) is 0 Å². The lowest BCUT2D eigenvalue weighted by Gasteiger charge is -2.28. The molecule has 0 aromatic heterocycles. The van der Waals surface area contributed by atoms with Crippen LogP contribution in [0.15, 0.2) is 53.4 Å². The predicted molar refractivity (Wildman–Crippen MR) is 91.1 cm³/mol. The van der Waals surface area contributed by atoms with Gasteiger partial charge in [0.2, 0.25) is 0 Å². The number of carbonyl (C=O) groups is 1. The first kappa shape index (κ1) is 17.2. The molecule has 25 heavy (non-hydrogen) atoms. The highest BCUT2D eigenvalue weighted by Gasteiger charge is 2.16. The number of benzene rings is 2. The highest BCUT2D eigenvalue weighted by atomic mass is 32.2. The summed E-state index contributed by atoms with van der Waals surface area (Å²) in [5.41, 5.74) is 1.20. The predicted octanol–water partition coefficient (Wildman–Crippen LogP) is 0.687. The minimum atomic E-state index is -3.88. The van der Waals surface area contributed by atoms with Crippen molar-refractivity contribution >= 4 is 27.4 Å². The molecule has 7 nitrogen and oxygen atoms in total. The van der Waals surface area contributed by atoms with Gasteiger partial charge in [0.05, 0.1) is 24.1 Å². The summed E-state index contributed by atoms with van der Waals surface area (Å²) in [6.07, 6.45) is 0. The van der Waals surface area contributed by atoms with E-state index in [1.54, 1.807) is 12.1 Å². The lowest BCUT2D eigenvalue weighted by Crippen LogP contribution is -2.36. The molecule has 0 atom stereocenters. The number of nitrogens with zero attached hydrogens (tertiary/aromatic N) is 1. The standard InChI is InChI=1S/C17H18N2O5S/c20-17(21)13-2-1-3-16(12-13)25(22,23)18-14-4-6-15(7-5-14)19-8-10-24-11-9-19/h1-7,12,18H,8-11H2,(H,20,21)/p-1. The van der Waals surface area contributed by atoms with Crippen molar-refractivity contribution in [3.05, 3.63) is 54.1 Å². The molecule has 8 heteroatoms. The van der Waals surface area contributed by atoms with E-state index in [2.05, 4.69) is 9.62 Å². The van der Waals surface area contributed by atoms with E-state index in [1.165, 1.54) is 18.2 Å². The van der Waals surface area contributed by atoms with Crippen molar-refractivity contribution in [3.8, 4) is 0 Å². The Kier molecular flexibility index (Phi) is 4.91. The molecule has 0 amide bonds. The van der Waals surface area contributed by atoms with Gasteiger partial charge in [-0.15, -0.1) is 0 Å². The molecule has 3 rings (SSSR count). The van der Waals surface area contributed by atoms with Gasteiger partial charge in [0.1, 0.15) is 0 Å². The van der Waals surface area contributed by atoms with Crippen LogP contribution in [0.5, 0.6) is 0 Å². The van der Waals surface area contributed by atoms with Gasteiger partial charge in [0, 0.05) is 24.5 Å². The number of hydrogen-bond donors (Lipinski definition) is 1.